The van der Waals surface area contributed by atoms with Crippen molar-refractivity contribution >= 4 is 17.9 Å². The first kappa shape index (κ1) is 26.8. The minimum absolute atomic E-state index is 0. The summed E-state index contributed by atoms with van der Waals surface area (Å²) in [5.41, 5.74) is 0. The molecule has 0 aliphatic carbocycles. The van der Waals surface area contributed by atoms with Crippen molar-refractivity contribution < 1.29 is 123 Å². The Kier molecular flexibility index (Phi) is 24.4. The molecule has 0 aliphatic heterocycles. The van der Waals surface area contributed by atoms with E-state index < -0.39 is 30.4 Å². The van der Waals surface area contributed by atoms with E-state index in [9.17, 15) is 14.4 Å². The zero-order valence-corrected chi connectivity index (χ0v) is 16.3. The first-order valence-corrected chi connectivity index (χ1v) is 3.83. The van der Waals surface area contributed by atoms with Crippen molar-refractivity contribution in [2.75, 3.05) is 6.54 Å². The van der Waals surface area contributed by atoms with Crippen LogP contribution < -0.4 is 94.0 Å². The van der Waals surface area contributed by atoms with Crippen LogP contribution in [0.5, 0.6) is 0 Å². The van der Waals surface area contributed by atoms with Crippen LogP contribution in [-0.2, 0) is 14.4 Å². The van der Waals surface area contributed by atoms with Gasteiger partial charge in [-0.05, 0) is 0 Å². The van der Waals surface area contributed by atoms with Gasteiger partial charge in [-0.2, -0.15) is 0 Å². The SMILES string of the molecule is O=C(O)CCN[C@H](CC(=O)O)C(=O)O.[H-].[H-].[H-].[Na+].[Na+].[Na+]. The second kappa shape index (κ2) is 15.4. The molecule has 0 aromatic heterocycles. The average Bonchev–Trinajstić information content (AvgIpc) is 2.00. The van der Waals surface area contributed by atoms with E-state index in [1.165, 1.54) is 0 Å². The summed E-state index contributed by atoms with van der Waals surface area (Å²) in [7, 11) is 0. The summed E-state index contributed by atoms with van der Waals surface area (Å²) in [4.78, 5) is 30.7. The second-order valence-electron chi connectivity index (χ2n) is 2.59. The van der Waals surface area contributed by atoms with Crippen molar-refractivity contribution in [1.82, 2.24) is 5.32 Å². The summed E-state index contributed by atoms with van der Waals surface area (Å²) in [5, 5.41) is 27.4. The van der Waals surface area contributed by atoms with Gasteiger partial charge < -0.3 is 24.9 Å². The van der Waals surface area contributed by atoms with Crippen LogP contribution in [0.15, 0.2) is 0 Å². The maximum atomic E-state index is 10.4. The number of aliphatic carboxylic acids is 3. The van der Waals surface area contributed by atoms with Gasteiger partial charge in [0.2, 0.25) is 0 Å². The van der Waals surface area contributed by atoms with Crippen molar-refractivity contribution in [2.24, 2.45) is 0 Å². The Bertz CT molecular complexity index is 262. The fraction of sp³-hybridized carbons (Fsp3) is 0.571. The van der Waals surface area contributed by atoms with E-state index >= 15 is 0 Å². The summed E-state index contributed by atoms with van der Waals surface area (Å²) in [6, 6.07) is -1.24. The van der Waals surface area contributed by atoms with E-state index in [1.807, 2.05) is 0 Å². The van der Waals surface area contributed by atoms with Gasteiger partial charge in [0.15, 0.2) is 0 Å². The second-order valence-corrected chi connectivity index (χ2v) is 2.59. The molecule has 0 spiro atoms. The Morgan fingerprint density at radius 2 is 1.47 bits per heavy atom. The van der Waals surface area contributed by atoms with Gasteiger partial charge in [0.25, 0.3) is 0 Å². The Morgan fingerprint density at radius 3 is 1.76 bits per heavy atom. The van der Waals surface area contributed by atoms with Gasteiger partial charge in [-0.1, -0.05) is 0 Å². The normalized spacial score (nSPS) is 9.88. The Hall–Kier alpha value is 1.37. The zero-order chi connectivity index (χ0) is 11.1. The summed E-state index contributed by atoms with van der Waals surface area (Å²) in [6.07, 6.45) is -0.821. The predicted octanol–water partition coefficient (Wildman–Crippen LogP) is -9.67. The van der Waals surface area contributed by atoms with Gasteiger partial charge >= 0.3 is 107 Å². The molecule has 0 bridgehead atoms. The number of hydrogen-bond acceptors (Lipinski definition) is 4. The fourth-order valence-corrected chi connectivity index (χ4v) is 0.775. The number of nitrogens with one attached hydrogen (secondary N) is 1. The van der Waals surface area contributed by atoms with Crippen molar-refractivity contribution in [3.05, 3.63) is 0 Å². The average molecular weight is 277 g/mol. The Morgan fingerprint density at radius 1 is 1.00 bits per heavy atom. The topological polar surface area (TPSA) is 124 Å². The van der Waals surface area contributed by atoms with Gasteiger partial charge in [0.1, 0.15) is 6.04 Å². The van der Waals surface area contributed by atoms with Crippen LogP contribution in [0.2, 0.25) is 0 Å². The van der Waals surface area contributed by atoms with Gasteiger partial charge in [-0.25, -0.2) is 0 Å². The van der Waals surface area contributed by atoms with Crippen molar-refractivity contribution in [2.45, 2.75) is 18.9 Å². The smallest absolute Gasteiger partial charge is 1.00 e. The van der Waals surface area contributed by atoms with Crippen LogP contribution in [0.4, 0.5) is 0 Å². The van der Waals surface area contributed by atoms with Crippen molar-refractivity contribution in [3.63, 3.8) is 0 Å². The third-order valence-electron chi connectivity index (χ3n) is 1.41. The fourth-order valence-electron chi connectivity index (χ4n) is 0.775. The van der Waals surface area contributed by atoms with Gasteiger partial charge in [-0.3, -0.25) is 14.4 Å². The molecule has 0 fully saturated rings. The number of carboxylic acid groups (broad SMARTS) is 3. The molecule has 86 valence electrons. The van der Waals surface area contributed by atoms with Gasteiger partial charge in [0.05, 0.1) is 12.8 Å². The minimum atomic E-state index is -1.31. The largest absolute Gasteiger partial charge is 1.00 e. The summed E-state index contributed by atoms with van der Waals surface area (Å²) < 4.78 is 0. The number of carbonyl (C=O) groups is 3. The first-order chi connectivity index (χ1) is 6.43. The van der Waals surface area contributed by atoms with Crippen molar-refractivity contribution in [3.8, 4) is 0 Å². The predicted molar refractivity (Wildman–Crippen MR) is 47.3 cm³/mol. The molecule has 0 aromatic carbocycles. The molecule has 0 saturated carbocycles. The molecule has 1 atom stereocenters. The molecular formula is C7H14NNa3O6. The van der Waals surface area contributed by atoms with Crippen LogP contribution in [-0.4, -0.2) is 45.8 Å². The minimum Gasteiger partial charge on any atom is -1.00 e. The zero-order valence-electron chi connectivity index (χ0n) is 13.3. The Labute approximate surface area is 169 Å². The molecule has 0 aromatic rings. The van der Waals surface area contributed by atoms with Crippen LogP contribution >= 0.6 is 0 Å². The number of rotatable bonds is 7. The third-order valence-corrected chi connectivity index (χ3v) is 1.41. The van der Waals surface area contributed by atoms with Crippen LogP contribution in [0.3, 0.4) is 0 Å². The molecule has 0 unspecified atom stereocenters. The van der Waals surface area contributed by atoms with Gasteiger partial charge in [-0.15, -0.1) is 0 Å². The monoisotopic (exact) mass is 277 g/mol. The van der Waals surface area contributed by atoms with E-state index in [2.05, 4.69) is 5.32 Å². The quantitative estimate of drug-likeness (QED) is 0.341. The molecule has 0 rings (SSSR count). The molecule has 0 radical (unpaired) electrons. The molecule has 0 amide bonds. The molecule has 10 heteroatoms. The maximum Gasteiger partial charge on any atom is 1.00 e. The molecule has 4 N–H and O–H groups in total. The third kappa shape index (κ3) is 17.4. The molecule has 0 aliphatic rings. The summed E-state index contributed by atoms with van der Waals surface area (Å²) >= 11 is 0. The van der Waals surface area contributed by atoms with Gasteiger partial charge in [0, 0.05) is 6.54 Å². The number of hydrogen-bond donors (Lipinski definition) is 4. The maximum absolute atomic E-state index is 10.4. The molecular weight excluding hydrogens is 263 g/mol. The number of carboxylic acids is 3. The molecule has 0 heterocycles. The van der Waals surface area contributed by atoms with E-state index in [1.54, 1.807) is 0 Å². The van der Waals surface area contributed by atoms with Crippen LogP contribution in [0, 0.1) is 0 Å². The van der Waals surface area contributed by atoms with E-state index in [4.69, 9.17) is 15.3 Å². The summed E-state index contributed by atoms with van der Waals surface area (Å²) in [5.74, 6) is -3.63. The van der Waals surface area contributed by atoms with E-state index in [-0.39, 0.29) is 106 Å². The van der Waals surface area contributed by atoms with Crippen LogP contribution in [0.25, 0.3) is 0 Å². The Balaban J connectivity index is -0.0000000563. The van der Waals surface area contributed by atoms with E-state index in [0.717, 1.165) is 0 Å². The summed E-state index contributed by atoms with van der Waals surface area (Å²) in [6.45, 7) is -0.0699. The molecule has 0 saturated heterocycles. The van der Waals surface area contributed by atoms with Crippen molar-refractivity contribution in [1.29, 1.82) is 0 Å². The first-order valence-electron chi connectivity index (χ1n) is 3.83. The van der Waals surface area contributed by atoms with Crippen LogP contribution in [0.1, 0.15) is 17.1 Å². The molecule has 7 nitrogen and oxygen atoms in total. The van der Waals surface area contributed by atoms with E-state index in [0.29, 0.717) is 0 Å². The molecule has 17 heavy (non-hydrogen) atoms. The standard InChI is InChI=1S/C7H11NO6.3Na.3H/c9-5(10)1-2-8-4(7(13)14)3-6(11)12;;;;;;/h4,8H,1-3H2,(H,9,10)(H,11,12)(H,13,14);;;;;;/q;3*+1;3*-1/t4-;;;;;;/m1....../s1.